The molecule has 0 aromatic carbocycles. The Morgan fingerprint density at radius 2 is 1.48 bits per heavy atom. The molecule has 42 heavy (non-hydrogen) atoms. The predicted molar refractivity (Wildman–Crippen MR) is 172 cm³/mol. The van der Waals surface area contributed by atoms with E-state index in [0.29, 0.717) is 16.7 Å². The number of thiophene rings is 1. The van der Waals surface area contributed by atoms with E-state index in [4.69, 9.17) is 14.2 Å². The zero-order valence-corrected chi connectivity index (χ0v) is 26.6. The summed E-state index contributed by atoms with van der Waals surface area (Å²) in [7, 11) is 0. The van der Waals surface area contributed by atoms with Crippen LogP contribution in [0, 0.1) is 11.8 Å². The van der Waals surface area contributed by atoms with Gasteiger partial charge in [-0.25, -0.2) is 4.99 Å². The summed E-state index contributed by atoms with van der Waals surface area (Å²) >= 11 is 1.45. The van der Waals surface area contributed by atoms with Crippen LogP contribution in [0.25, 0.3) is 0 Å². The normalized spacial score (nSPS) is 30.0. The molecule has 5 rings (SSSR count). The van der Waals surface area contributed by atoms with Crippen molar-refractivity contribution in [3.05, 3.63) is 57.8 Å². The Labute approximate surface area is 257 Å². The van der Waals surface area contributed by atoms with E-state index in [2.05, 4.69) is 31.0 Å². The second-order valence-electron chi connectivity index (χ2n) is 12.5. The molecule has 2 saturated carbocycles. The van der Waals surface area contributed by atoms with Gasteiger partial charge in [0.1, 0.15) is 0 Å². The van der Waals surface area contributed by atoms with Crippen molar-refractivity contribution in [1.82, 2.24) is 0 Å². The number of aliphatic imine (C=N–C) groups is 1. The standard InChI is InChI=1S/C36H51NO4S/c1-3-5-7-11-21-39-26-17-19-29-32(24-26)41-33-25-27(40-22-12-8-6-4-2)18-20-30(33)35(29)28-14-9-10-15-31(28)37-36(38)34-16-13-23-42-34/h9-10,13-16,23,26-27,29-30,32-33H,3-8,11-12,17-22,24-25H2,1-2H3. The van der Waals surface area contributed by atoms with Crippen molar-refractivity contribution < 1.29 is 19.0 Å². The third kappa shape index (κ3) is 8.19. The highest BCUT2D eigenvalue weighted by Crippen LogP contribution is 2.49. The smallest absolute Gasteiger partial charge is 0.287 e. The van der Waals surface area contributed by atoms with Crippen LogP contribution in [0.15, 0.2) is 58.0 Å². The van der Waals surface area contributed by atoms with Gasteiger partial charge in [0.25, 0.3) is 5.91 Å². The topological polar surface area (TPSA) is 57.1 Å². The number of hydrogen-bond acceptors (Lipinski definition) is 5. The van der Waals surface area contributed by atoms with Gasteiger partial charge in [0.2, 0.25) is 0 Å². The molecule has 6 unspecified atom stereocenters. The van der Waals surface area contributed by atoms with Gasteiger partial charge in [-0.2, -0.15) is 0 Å². The molecule has 5 nitrogen and oxygen atoms in total. The summed E-state index contributed by atoms with van der Waals surface area (Å²) in [6, 6.07) is 3.77. The van der Waals surface area contributed by atoms with Crippen LogP contribution in [-0.4, -0.2) is 49.2 Å². The van der Waals surface area contributed by atoms with E-state index in [0.717, 1.165) is 75.9 Å². The van der Waals surface area contributed by atoms with Crippen molar-refractivity contribution in [2.75, 3.05) is 13.2 Å². The number of unbranched alkanes of at least 4 members (excludes halogenated alkanes) is 6. The third-order valence-corrected chi connectivity index (χ3v) is 10.4. The fourth-order valence-electron chi connectivity index (χ4n) is 7.34. The van der Waals surface area contributed by atoms with Gasteiger partial charge < -0.3 is 14.2 Å². The SMILES string of the molecule is CCCCCCOC1CCC2C(=C3C=CC=CC3=NC(=O)c3cccs3)C3CCC(OCCCCCC)CC3OC2C1. The van der Waals surface area contributed by atoms with Gasteiger partial charge >= 0.3 is 0 Å². The Kier molecular flexibility index (Phi) is 12.2. The first-order chi connectivity index (χ1) is 20.7. The summed E-state index contributed by atoms with van der Waals surface area (Å²) in [6.07, 6.45) is 25.1. The van der Waals surface area contributed by atoms with Gasteiger partial charge in [-0.15, -0.1) is 11.3 Å². The molecular weight excluding hydrogens is 542 g/mol. The van der Waals surface area contributed by atoms with Crippen molar-refractivity contribution in [3.63, 3.8) is 0 Å². The quantitative estimate of drug-likeness (QED) is 0.214. The van der Waals surface area contributed by atoms with Crippen LogP contribution >= 0.6 is 11.3 Å². The summed E-state index contributed by atoms with van der Waals surface area (Å²) in [5.41, 5.74) is 3.42. The first-order valence-electron chi connectivity index (χ1n) is 16.8. The average Bonchev–Trinajstić information content (AvgIpc) is 3.56. The van der Waals surface area contributed by atoms with Crippen LogP contribution in [0.1, 0.15) is 113 Å². The number of carbonyl (C=O) groups is 1. The van der Waals surface area contributed by atoms with Crippen molar-refractivity contribution in [3.8, 4) is 0 Å². The lowest BCUT2D eigenvalue weighted by atomic mass is 9.66. The maximum atomic E-state index is 13.1. The Balaban J connectivity index is 1.36. The Morgan fingerprint density at radius 1 is 0.857 bits per heavy atom. The van der Waals surface area contributed by atoms with E-state index in [1.54, 1.807) is 0 Å². The third-order valence-electron chi connectivity index (χ3n) is 9.51. The lowest BCUT2D eigenvalue weighted by Gasteiger charge is -2.51. The van der Waals surface area contributed by atoms with Crippen LogP contribution in [0.3, 0.4) is 0 Å². The minimum absolute atomic E-state index is 0.139. The van der Waals surface area contributed by atoms with Crippen molar-refractivity contribution in [2.45, 2.75) is 128 Å². The first-order valence-corrected chi connectivity index (χ1v) is 17.7. The molecule has 1 saturated heterocycles. The molecule has 1 aliphatic heterocycles. The fraction of sp³-hybridized carbons (Fsp3) is 0.667. The fourth-order valence-corrected chi connectivity index (χ4v) is 7.94. The first kappa shape index (κ1) is 31.6. The van der Waals surface area contributed by atoms with Crippen molar-refractivity contribution >= 4 is 23.0 Å². The lowest BCUT2D eigenvalue weighted by Crippen LogP contribution is -2.51. The Bertz CT molecular complexity index is 1080. The van der Waals surface area contributed by atoms with E-state index in [1.165, 1.54) is 55.4 Å². The average molecular weight is 594 g/mol. The maximum absolute atomic E-state index is 13.1. The van der Waals surface area contributed by atoms with Gasteiger partial charge in [-0.05, 0) is 61.6 Å². The Hall–Kier alpha value is -1.86. The van der Waals surface area contributed by atoms with E-state index < -0.39 is 0 Å². The highest BCUT2D eigenvalue weighted by Gasteiger charge is 2.48. The molecule has 3 fully saturated rings. The Morgan fingerprint density at radius 3 is 2.05 bits per heavy atom. The molecule has 4 aliphatic rings. The molecule has 230 valence electrons. The number of fused-ring (bicyclic) bond motifs is 2. The summed E-state index contributed by atoms with van der Waals surface area (Å²) in [5.74, 6) is 0.523. The van der Waals surface area contributed by atoms with Crippen molar-refractivity contribution in [1.29, 1.82) is 0 Å². The zero-order chi connectivity index (χ0) is 29.1. The summed E-state index contributed by atoms with van der Waals surface area (Å²) in [5, 5.41) is 1.94. The summed E-state index contributed by atoms with van der Waals surface area (Å²) in [4.78, 5) is 18.4. The van der Waals surface area contributed by atoms with Crippen LogP contribution < -0.4 is 0 Å². The number of ether oxygens (including phenoxy) is 3. The van der Waals surface area contributed by atoms with Gasteiger partial charge in [-0.1, -0.05) is 76.7 Å². The molecule has 2 heterocycles. The molecule has 0 N–H and O–H groups in total. The molecule has 1 aromatic rings. The van der Waals surface area contributed by atoms with E-state index >= 15 is 0 Å². The molecule has 1 amide bonds. The molecule has 6 atom stereocenters. The monoisotopic (exact) mass is 593 g/mol. The van der Waals surface area contributed by atoms with E-state index in [1.807, 2.05) is 29.7 Å². The number of carbonyl (C=O) groups excluding carboxylic acids is 1. The van der Waals surface area contributed by atoms with E-state index in [9.17, 15) is 4.79 Å². The van der Waals surface area contributed by atoms with E-state index in [-0.39, 0.29) is 30.3 Å². The van der Waals surface area contributed by atoms with Crippen LogP contribution in [0.4, 0.5) is 0 Å². The largest absolute Gasteiger partial charge is 0.378 e. The molecular formula is C36H51NO4S. The van der Waals surface area contributed by atoms with Gasteiger partial charge in [0.15, 0.2) is 0 Å². The zero-order valence-electron chi connectivity index (χ0n) is 25.8. The number of rotatable bonds is 13. The maximum Gasteiger partial charge on any atom is 0.287 e. The molecule has 3 aliphatic carbocycles. The number of hydrogen-bond donors (Lipinski definition) is 0. The van der Waals surface area contributed by atoms with Crippen LogP contribution in [0.5, 0.6) is 0 Å². The molecule has 0 radical (unpaired) electrons. The molecule has 1 aromatic heterocycles. The van der Waals surface area contributed by atoms with Crippen LogP contribution in [-0.2, 0) is 14.2 Å². The van der Waals surface area contributed by atoms with Gasteiger partial charge in [-0.3, -0.25) is 4.79 Å². The minimum Gasteiger partial charge on any atom is -0.378 e. The van der Waals surface area contributed by atoms with Crippen molar-refractivity contribution in [2.24, 2.45) is 16.8 Å². The second-order valence-corrected chi connectivity index (χ2v) is 13.5. The summed E-state index contributed by atoms with van der Waals surface area (Å²) < 4.78 is 19.8. The molecule has 6 heteroatoms. The highest BCUT2D eigenvalue weighted by molar-refractivity contribution is 7.12. The second kappa shape index (κ2) is 16.3. The van der Waals surface area contributed by atoms with Crippen LogP contribution in [0.2, 0.25) is 0 Å². The van der Waals surface area contributed by atoms with Gasteiger partial charge in [0.05, 0.1) is 35.0 Å². The minimum atomic E-state index is -0.154. The lowest BCUT2D eigenvalue weighted by molar-refractivity contribution is -0.155. The molecule has 0 bridgehead atoms. The highest BCUT2D eigenvalue weighted by atomic mass is 32.1. The number of allylic oxidation sites excluding steroid dienone is 5. The summed E-state index contributed by atoms with van der Waals surface area (Å²) in [6.45, 7) is 6.21. The number of amides is 1. The predicted octanol–water partition coefficient (Wildman–Crippen LogP) is 9.05. The number of nitrogens with zero attached hydrogens (tertiary/aromatic N) is 1. The van der Waals surface area contributed by atoms with Gasteiger partial charge in [0, 0.05) is 43.5 Å². The molecule has 0 spiro atoms.